The minimum Gasteiger partial charge on any atom is -0.320 e. The van der Waals surface area contributed by atoms with Crippen LogP contribution in [0.1, 0.15) is 23.9 Å². The first-order chi connectivity index (χ1) is 12.5. The Labute approximate surface area is 156 Å². The zero-order valence-corrected chi connectivity index (χ0v) is 15.2. The Morgan fingerprint density at radius 3 is 2.07 bits per heavy atom. The van der Waals surface area contributed by atoms with Crippen LogP contribution in [0.25, 0.3) is 0 Å². The van der Waals surface area contributed by atoms with Crippen LogP contribution in [0.2, 0.25) is 0 Å². The van der Waals surface area contributed by atoms with Crippen LogP contribution in [-0.2, 0) is 11.0 Å². The summed E-state index contributed by atoms with van der Waals surface area (Å²) in [7, 11) is 0. The predicted octanol–water partition coefficient (Wildman–Crippen LogP) is 4.93. The van der Waals surface area contributed by atoms with Gasteiger partial charge in [-0.2, -0.15) is 13.2 Å². The molecule has 27 heavy (non-hydrogen) atoms. The largest absolute Gasteiger partial charge is 0.422 e. The number of halogens is 7. The van der Waals surface area contributed by atoms with Gasteiger partial charge in [0.15, 0.2) is 27.6 Å². The number of amides is 1. The Morgan fingerprint density at radius 2 is 1.67 bits per heavy atom. The molecule has 1 unspecified atom stereocenters. The fourth-order valence-electron chi connectivity index (χ4n) is 1.96. The molecule has 0 aliphatic rings. The van der Waals surface area contributed by atoms with Gasteiger partial charge in [0.25, 0.3) is 0 Å². The van der Waals surface area contributed by atoms with E-state index in [4.69, 9.17) is 0 Å². The molecule has 1 atom stereocenters. The molecule has 1 N–H and O–H groups in total. The van der Waals surface area contributed by atoms with Gasteiger partial charge in [-0.25, -0.2) is 17.6 Å². The van der Waals surface area contributed by atoms with Gasteiger partial charge in [0, 0.05) is 0 Å². The molecule has 148 valence electrons. The Balaban J connectivity index is 2.34. The van der Waals surface area contributed by atoms with E-state index in [-0.39, 0.29) is 6.42 Å². The number of carbonyl (C=O) groups is 1. The average Bonchev–Trinajstić information content (AvgIpc) is 2.98. The summed E-state index contributed by atoms with van der Waals surface area (Å²) in [5.41, 5.74) is -4.34. The highest BCUT2D eigenvalue weighted by Crippen LogP contribution is 2.39. The lowest BCUT2D eigenvalue weighted by molar-refractivity contribution is -0.143. The molecular formula is C14H10F7N3OS2. The molecule has 1 aromatic heterocycles. The van der Waals surface area contributed by atoms with Crippen LogP contribution in [0.3, 0.4) is 0 Å². The van der Waals surface area contributed by atoms with E-state index in [0.29, 0.717) is 9.35 Å². The lowest BCUT2D eigenvalue weighted by Gasteiger charge is -2.17. The smallest absolute Gasteiger partial charge is 0.320 e. The van der Waals surface area contributed by atoms with Crippen molar-refractivity contribution in [2.45, 2.75) is 36.0 Å². The average molecular weight is 433 g/mol. The number of carbonyl (C=O) groups excluding carboxylic acids is 1. The Bertz CT molecular complexity index is 840. The van der Waals surface area contributed by atoms with E-state index in [9.17, 15) is 35.5 Å². The first kappa shape index (κ1) is 21.4. The van der Waals surface area contributed by atoms with E-state index < -0.39 is 51.9 Å². The van der Waals surface area contributed by atoms with E-state index in [1.807, 2.05) is 0 Å². The van der Waals surface area contributed by atoms with Crippen molar-refractivity contribution >= 4 is 34.7 Å². The van der Waals surface area contributed by atoms with Crippen LogP contribution >= 0.6 is 23.1 Å². The van der Waals surface area contributed by atoms with Crippen molar-refractivity contribution < 1.29 is 35.5 Å². The number of benzene rings is 1. The molecule has 0 saturated carbocycles. The maximum Gasteiger partial charge on any atom is 0.422 e. The van der Waals surface area contributed by atoms with Crippen LogP contribution in [-0.4, -0.2) is 21.4 Å². The third-order valence-corrected chi connectivity index (χ3v) is 5.50. The number of hydrogen-bond acceptors (Lipinski definition) is 5. The predicted molar refractivity (Wildman–Crippen MR) is 84.5 cm³/mol. The molecule has 13 heteroatoms. The third-order valence-electron chi connectivity index (χ3n) is 3.21. The van der Waals surface area contributed by atoms with Gasteiger partial charge < -0.3 is 5.32 Å². The molecule has 0 spiro atoms. The Hall–Kier alpha value is -1.89. The third kappa shape index (κ3) is 4.51. The number of alkyl halides is 3. The molecule has 2 rings (SSSR count). The highest BCUT2D eigenvalue weighted by Gasteiger charge is 2.42. The molecule has 0 fully saturated rings. The van der Waals surface area contributed by atoms with Crippen LogP contribution < -0.4 is 5.32 Å². The highest BCUT2D eigenvalue weighted by atomic mass is 32.2. The van der Waals surface area contributed by atoms with Crippen molar-refractivity contribution in [3.8, 4) is 0 Å². The minimum atomic E-state index is -5.66. The quantitative estimate of drug-likeness (QED) is 0.413. The van der Waals surface area contributed by atoms with Gasteiger partial charge >= 0.3 is 6.18 Å². The van der Waals surface area contributed by atoms with Gasteiger partial charge in [0.05, 0.1) is 5.25 Å². The van der Waals surface area contributed by atoms with E-state index >= 15 is 0 Å². The zero-order valence-electron chi connectivity index (χ0n) is 13.5. The lowest BCUT2D eigenvalue weighted by Crippen LogP contribution is -2.27. The van der Waals surface area contributed by atoms with E-state index in [0.717, 1.165) is 23.1 Å². The molecule has 0 radical (unpaired) electrons. The monoisotopic (exact) mass is 433 g/mol. The van der Waals surface area contributed by atoms with Crippen LogP contribution in [0.15, 0.2) is 4.34 Å². The number of aromatic nitrogens is 2. The van der Waals surface area contributed by atoms with Gasteiger partial charge in [-0.1, -0.05) is 30.0 Å². The van der Waals surface area contributed by atoms with Crippen molar-refractivity contribution in [3.05, 3.63) is 33.8 Å². The summed E-state index contributed by atoms with van der Waals surface area (Å²) in [6.45, 7) is 3.20. The summed E-state index contributed by atoms with van der Waals surface area (Å²) < 4.78 is 93.0. The number of anilines is 1. The molecule has 0 aliphatic carbocycles. The molecule has 1 aromatic carbocycles. The van der Waals surface area contributed by atoms with Gasteiger partial charge in [-0.05, 0) is 13.3 Å². The van der Waals surface area contributed by atoms with Crippen LogP contribution in [0.4, 0.5) is 36.4 Å². The number of nitrogens with one attached hydrogen (secondary N) is 1. The van der Waals surface area contributed by atoms with E-state index in [1.54, 1.807) is 19.2 Å². The number of nitrogens with zero attached hydrogens (tertiary/aromatic N) is 2. The van der Waals surface area contributed by atoms with Crippen LogP contribution in [0, 0.1) is 30.2 Å². The van der Waals surface area contributed by atoms with Crippen molar-refractivity contribution in [3.63, 3.8) is 0 Å². The number of rotatable bonds is 5. The first-order valence-corrected chi connectivity index (χ1v) is 8.87. The normalized spacial score (nSPS) is 12.9. The fourth-order valence-corrected chi connectivity index (χ4v) is 3.95. The van der Waals surface area contributed by atoms with E-state index in [1.165, 1.54) is 0 Å². The first-order valence-electron chi connectivity index (χ1n) is 7.18. The molecule has 0 bridgehead atoms. The van der Waals surface area contributed by atoms with Crippen molar-refractivity contribution in [2.24, 2.45) is 0 Å². The fraction of sp³-hybridized carbons (Fsp3) is 0.357. The van der Waals surface area contributed by atoms with Crippen molar-refractivity contribution in [1.82, 2.24) is 10.2 Å². The zero-order chi connectivity index (χ0) is 20.5. The Morgan fingerprint density at radius 1 is 1.11 bits per heavy atom. The summed E-state index contributed by atoms with van der Waals surface area (Å²) in [5, 5.41) is 8.70. The second-order valence-corrected chi connectivity index (χ2v) is 7.73. The molecule has 1 amide bonds. The minimum absolute atomic E-state index is 0.129. The van der Waals surface area contributed by atoms with Crippen molar-refractivity contribution in [2.75, 3.05) is 5.32 Å². The molecule has 1 heterocycles. The SMILES string of the molecule is CCC(Sc1nnc(C)s1)C(=O)Nc1c(F)c(F)c(C(F)(F)F)c(F)c1F. The van der Waals surface area contributed by atoms with Crippen LogP contribution in [0.5, 0.6) is 0 Å². The second kappa shape index (κ2) is 8.00. The van der Waals surface area contributed by atoms with Gasteiger partial charge in [0.2, 0.25) is 5.91 Å². The summed E-state index contributed by atoms with van der Waals surface area (Å²) in [5.74, 6) is -11.0. The second-order valence-electron chi connectivity index (χ2n) is 5.09. The maximum absolute atomic E-state index is 13.9. The molecule has 0 saturated heterocycles. The summed E-state index contributed by atoms with van der Waals surface area (Å²) in [4.78, 5) is 12.2. The molecular weight excluding hydrogens is 423 g/mol. The van der Waals surface area contributed by atoms with Gasteiger partial charge in [0.1, 0.15) is 16.3 Å². The summed E-state index contributed by atoms with van der Waals surface area (Å²) in [6, 6.07) is 0. The topological polar surface area (TPSA) is 54.9 Å². The Kier molecular flexibility index (Phi) is 6.35. The highest BCUT2D eigenvalue weighted by molar-refractivity contribution is 8.02. The number of hydrogen-bond donors (Lipinski definition) is 1. The van der Waals surface area contributed by atoms with E-state index in [2.05, 4.69) is 10.2 Å². The van der Waals surface area contributed by atoms with Gasteiger partial charge in [-0.15, -0.1) is 10.2 Å². The lowest BCUT2D eigenvalue weighted by atomic mass is 10.1. The summed E-state index contributed by atoms with van der Waals surface area (Å²) in [6.07, 6.45) is -5.53. The number of thioether (sulfide) groups is 1. The number of aryl methyl sites for hydroxylation is 1. The molecule has 0 aliphatic heterocycles. The van der Waals surface area contributed by atoms with Crippen molar-refractivity contribution in [1.29, 1.82) is 0 Å². The van der Waals surface area contributed by atoms with Gasteiger partial charge in [-0.3, -0.25) is 4.79 Å². The summed E-state index contributed by atoms with van der Waals surface area (Å²) >= 11 is 2.02. The molecule has 2 aromatic rings. The maximum atomic E-state index is 13.9. The molecule has 4 nitrogen and oxygen atoms in total. The standard InChI is InChI=1S/C14H10F7N3OS2/c1-3-5(27-13-24-23-4(2)26-13)12(25)22-11-9(17)7(15)6(14(19,20)21)8(16)10(11)18/h5H,3H2,1-2H3,(H,22,25).